The van der Waals surface area contributed by atoms with Crippen molar-refractivity contribution >= 4 is 0 Å². The lowest BCUT2D eigenvalue weighted by Crippen LogP contribution is -2.13. The Morgan fingerprint density at radius 1 is 1.00 bits per heavy atom. The molecule has 0 N–H and O–H groups in total. The van der Waals surface area contributed by atoms with Crippen molar-refractivity contribution in [3.8, 4) is 0 Å². The Balaban J connectivity index is 0.000000315. The molecule has 2 aliphatic carbocycles. The van der Waals surface area contributed by atoms with Gasteiger partial charge in [0.05, 0.1) is 0 Å². The topological polar surface area (TPSA) is 0 Å². The van der Waals surface area contributed by atoms with Gasteiger partial charge in [0.25, 0.3) is 0 Å². The lowest BCUT2D eigenvalue weighted by molar-refractivity contribution is 0.422. The summed E-state index contributed by atoms with van der Waals surface area (Å²) in [6.07, 6.45) is 17.5. The van der Waals surface area contributed by atoms with Gasteiger partial charge >= 0.3 is 0 Å². The van der Waals surface area contributed by atoms with Crippen LogP contribution in [0, 0.1) is 5.92 Å². The molecule has 0 aliphatic heterocycles. The Bertz CT molecular complexity index is 368. The van der Waals surface area contributed by atoms with Crippen LogP contribution in [0.5, 0.6) is 0 Å². The molecule has 0 aromatic heterocycles. The SMILES string of the molecule is C1CCC1.CCCC(c1ccccc1)C1C=CCCC1. The van der Waals surface area contributed by atoms with Crippen molar-refractivity contribution in [2.24, 2.45) is 5.92 Å². The molecule has 0 heterocycles. The van der Waals surface area contributed by atoms with Gasteiger partial charge in [0.1, 0.15) is 0 Å². The van der Waals surface area contributed by atoms with Crippen molar-refractivity contribution in [1.82, 2.24) is 0 Å². The molecule has 0 amide bonds. The number of benzene rings is 1. The predicted octanol–water partition coefficient (Wildman–Crippen LogP) is 6.49. The molecule has 0 saturated heterocycles. The highest BCUT2D eigenvalue weighted by Crippen LogP contribution is 2.35. The molecule has 1 fully saturated rings. The first-order valence-electron chi connectivity index (χ1n) is 8.63. The predicted molar refractivity (Wildman–Crippen MR) is 89.0 cm³/mol. The van der Waals surface area contributed by atoms with Gasteiger partial charge in [0.15, 0.2) is 0 Å². The average molecular weight is 270 g/mol. The zero-order valence-corrected chi connectivity index (χ0v) is 13.1. The Morgan fingerprint density at radius 3 is 2.20 bits per heavy atom. The van der Waals surface area contributed by atoms with Gasteiger partial charge in [-0.3, -0.25) is 0 Å². The van der Waals surface area contributed by atoms with Crippen LogP contribution < -0.4 is 0 Å². The summed E-state index contributed by atoms with van der Waals surface area (Å²) in [4.78, 5) is 0. The quantitative estimate of drug-likeness (QED) is 0.549. The molecule has 0 bridgehead atoms. The molecule has 3 rings (SSSR count). The molecule has 0 heteroatoms. The van der Waals surface area contributed by atoms with Crippen LogP contribution in [0.25, 0.3) is 0 Å². The second-order valence-corrected chi connectivity index (χ2v) is 6.24. The first kappa shape index (κ1) is 15.4. The van der Waals surface area contributed by atoms with Gasteiger partial charge in [0, 0.05) is 0 Å². The summed E-state index contributed by atoms with van der Waals surface area (Å²) in [5.74, 6) is 1.51. The molecule has 110 valence electrons. The fourth-order valence-corrected chi connectivity index (χ4v) is 3.06. The number of allylic oxidation sites excluding steroid dienone is 2. The second kappa shape index (κ2) is 9.00. The average Bonchev–Trinajstić information content (AvgIpc) is 2.45. The van der Waals surface area contributed by atoms with E-state index in [0.29, 0.717) is 0 Å². The molecule has 0 nitrogen and oxygen atoms in total. The van der Waals surface area contributed by atoms with Crippen molar-refractivity contribution in [1.29, 1.82) is 0 Å². The monoisotopic (exact) mass is 270 g/mol. The fourth-order valence-electron chi connectivity index (χ4n) is 3.06. The second-order valence-electron chi connectivity index (χ2n) is 6.24. The minimum absolute atomic E-state index is 0.739. The van der Waals surface area contributed by atoms with Crippen LogP contribution in [0.2, 0.25) is 0 Å². The van der Waals surface area contributed by atoms with E-state index in [2.05, 4.69) is 49.4 Å². The van der Waals surface area contributed by atoms with E-state index in [1.165, 1.54) is 63.4 Å². The van der Waals surface area contributed by atoms with Crippen molar-refractivity contribution in [3.05, 3.63) is 48.0 Å². The molecule has 1 aromatic carbocycles. The zero-order chi connectivity index (χ0) is 14.0. The van der Waals surface area contributed by atoms with Crippen LogP contribution in [0.4, 0.5) is 0 Å². The van der Waals surface area contributed by atoms with E-state index >= 15 is 0 Å². The summed E-state index contributed by atoms with van der Waals surface area (Å²) in [5.41, 5.74) is 1.53. The Hall–Kier alpha value is -1.04. The van der Waals surface area contributed by atoms with Gasteiger partial charge in [-0.05, 0) is 43.1 Å². The third-order valence-electron chi connectivity index (χ3n) is 4.64. The molecule has 1 saturated carbocycles. The molecule has 20 heavy (non-hydrogen) atoms. The highest BCUT2D eigenvalue weighted by atomic mass is 14.3. The molecule has 2 atom stereocenters. The van der Waals surface area contributed by atoms with Crippen LogP contribution in [0.15, 0.2) is 42.5 Å². The van der Waals surface area contributed by atoms with E-state index < -0.39 is 0 Å². The molecular weight excluding hydrogens is 240 g/mol. The largest absolute Gasteiger partial charge is 0.0882 e. The van der Waals surface area contributed by atoms with Crippen molar-refractivity contribution in [2.45, 2.75) is 70.6 Å². The lowest BCUT2D eigenvalue weighted by Gasteiger charge is -2.27. The number of hydrogen-bond donors (Lipinski definition) is 0. The summed E-state index contributed by atoms with van der Waals surface area (Å²) in [5, 5.41) is 0. The maximum absolute atomic E-state index is 2.46. The lowest BCUT2D eigenvalue weighted by atomic mass is 9.78. The van der Waals surface area contributed by atoms with E-state index in [4.69, 9.17) is 0 Å². The Kier molecular flexibility index (Phi) is 6.91. The van der Waals surface area contributed by atoms with Gasteiger partial charge in [0.2, 0.25) is 0 Å². The molecule has 1 aromatic rings. The highest BCUT2D eigenvalue weighted by Gasteiger charge is 2.21. The van der Waals surface area contributed by atoms with E-state index in [0.717, 1.165) is 11.8 Å². The van der Waals surface area contributed by atoms with E-state index in [1.807, 2.05) is 0 Å². The van der Waals surface area contributed by atoms with Gasteiger partial charge < -0.3 is 0 Å². The van der Waals surface area contributed by atoms with E-state index in [-0.39, 0.29) is 0 Å². The first-order valence-corrected chi connectivity index (χ1v) is 8.63. The van der Waals surface area contributed by atoms with Crippen LogP contribution >= 0.6 is 0 Å². The van der Waals surface area contributed by atoms with Crippen molar-refractivity contribution < 1.29 is 0 Å². The maximum atomic E-state index is 2.46. The van der Waals surface area contributed by atoms with Gasteiger partial charge in [-0.1, -0.05) is 81.5 Å². The van der Waals surface area contributed by atoms with Crippen molar-refractivity contribution in [2.75, 3.05) is 0 Å². The zero-order valence-electron chi connectivity index (χ0n) is 13.1. The minimum Gasteiger partial charge on any atom is -0.0882 e. The summed E-state index contributed by atoms with van der Waals surface area (Å²) >= 11 is 0. The normalized spacial score (nSPS) is 22.4. The van der Waals surface area contributed by atoms with E-state index in [9.17, 15) is 0 Å². The summed E-state index contributed by atoms with van der Waals surface area (Å²) in [6, 6.07) is 11.0. The molecule has 2 aliphatic rings. The Morgan fingerprint density at radius 2 is 1.70 bits per heavy atom. The van der Waals surface area contributed by atoms with Crippen molar-refractivity contribution in [3.63, 3.8) is 0 Å². The highest BCUT2D eigenvalue weighted by molar-refractivity contribution is 5.22. The minimum atomic E-state index is 0.739. The smallest absolute Gasteiger partial charge is 0.00991 e. The van der Waals surface area contributed by atoms with Crippen LogP contribution in [0.1, 0.15) is 76.2 Å². The van der Waals surface area contributed by atoms with Crippen LogP contribution in [-0.4, -0.2) is 0 Å². The van der Waals surface area contributed by atoms with Crippen LogP contribution in [0.3, 0.4) is 0 Å². The third-order valence-corrected chi connectivity index (χ3v) is 4.64. The molecule has 0 spiro atoms. The molecule has 0 radical (unpaired) electrons. The van der Waals surface area contributed by atoms with Gasteiger partial charge in [-0.25, -0.2) is 0 Å². The van der Waals surface area contributed by atoms with Gasteiger partial charge in [-0.15, -0.1) is 0 Å². The standard InChI is InChI=1S/C16H22.C4H8/c1-2-9-16(14-10-5-3-6-11-14)15-12-7-4-8-13-15;1-2-4-3-1/h3,5-7,10-12,15-16H,2,4,8-9,13H2,1H3;1-4H2. The number of rotatable bonds is 4. The summed E-state index contributed by atoms with van der Waals surface area (Å²) in [6.45, 7) is 2.29. The third kappa shape index (κ3) is 4.81. The number of hydrogen-bond acceptors (Lipinski definition) is 0. The molecular formula is C20H30. The van der Waals surface area contributed by atoms with E-state index in [1.54, 1.807) is 0 Å². The first-order chi connectivity index (χ1) is 9.92. The maximum Gasteiger partial charge on any atom is -0.00991 e. The molecule has 2 unspecified atom stereocenters. The summed E-state index contributed by atoms with van der Waals surface area (Å²) in [7, 11) is 0. The summed E-state index contributed by atoms with van der Waals surface area (Å²) < 4.78 is 0. The fraction of sp³-hybridized carbons (Fsp3) is 0.600. The Labute approximate surface area is 125 Å². The van der Waals surface area contributed by atoms with Gasteiger partial charge in [-0.2, -0.15) is 0 Å². The van der Waals surface area contributed by atoms with Crippen LogP contribution in [-0.2, 0) is 0 Å².